The molecule has 1 aromatic heterocycles. The zero-order valence-corrected chi connectivity index (χ0v) is 12.6. The Hall–Kier alpha value is -2.30. The molecule has 0 bridgehead atoms. The maximum Gasteiger partial charge on any atom is 0.233 e. The number of furan rings is 1. The number of likely N-dealkylation sites (tertiary alicyclic amines) is 1. The van der Waals surface area contributed by atoms with E-state index in [-0.39, 0.29) is 23.7 Å². The van der Waals surface area contributed by atoms with Crippen molar-refractivity contribution in [2.75, 3.05) is 13.1 Å². The number of carbonyl (C=O) groups excluding carboxylic acids is 2. The molecule has 1 unspecified atom stereocenters. The lowest BCUT2D eigenvalue weighted by Crippen LogP contribution is -2.43. The van der Waals surface area contributed by atoms with Gasteiger partial charge in [0.05, 0.1) is 5.92 Å². The molecule has 0 radical (unpaired) electrons. The summed E-state index contributed by atoms with van der Waals surface area (Å²) in [4.78, 5) is 25.6. The number of primary amides is 1. The van der Waals surface area contributed by atoms with Crippen molar-refractivity contribution in [3.05, 3.63) is 36.1 Å². The van der Waals surface area contributed by atoms with E-state index in [1.165, 1.54) is 0 Å². The summed E-state index contributed by atoms with van der Waals surface area (Å²) >= 11 is 0. The molecular formula is C17H20N2O3. The van der Waals surface area contributed by atoms with E-state index < -0.39 is 0 Å². The van der Waals surface area contributed by atoms with Crippen molar-refractivity contribution in [1.82, 2.24) is 4.90 Å². The van der Waals surface area contributed by atoms with Gasteiger partial charge in [0.1, 0.15) is 11.3 Å². The number of fused-ring (bicyclic) bond motifs is 1. The van der Waals surface area contributed by atoms with Gasteiger partial charge in [-0.15, -0.1) is 0 Å². The Kier molecular flexibility index (Phi) is 3.88. The Morgan fingerprint density at radius 1 is 1.27 bits per heavy atom. The highest BCUT2D eigenvalue weighted by atomic mass is 16.3. The zero-order chi connectivity index (χ0) is 15.7. The monoisotopic (exact) mass is 300 g/mol. The lowest BCUT2D eigenvalue weighted by molar-refractivity contribution is -0.136. The Balaban J connectivity index is 1.70. The highest BCUT2D eigenvalue weighted by Crippen LogP contribution is 2.27. The predicted molar refractivity (Wildman–Crippen MR) is 83.1 cm³/mol. The third-order valence-electron chi connectivity index (χ3n) is 4.45. The third-order valence-corrected chi connectivity index (χ3v) is 4.45. The lowest BCUT2D eigenvalue weighted by Gasteiger charge is -2.32. The number of piperidine rings is 1. The molecule has 1 saturated heterocycles. The SMILES string of the molecule is CC(C(=O)N1CCC(C(N)=O)CC1)c1cc2ccccc2o1. The molecule has 116 valence electrons. The smallest absolute Gasteiger partial charge is 0.233 e. The van der Waals surface area contributed by atoms with E-state index in [9.17, 15) is 9.59 Å². The fraction of sp³-hybridized carbons (Fsp3) is 0.412. The fourth-order valence-corrected chi connectivity index (χ4v) is 3.00. The second kappa shape index (κ2) is 5.83. The van der Waals surface area contributed by atoms with E-state index in [1.807, 2.05) is 37.3 Å². The van der Waals surface area contributed by atoms with E-state index in [2.05, 4.69) is 0 Å². The molecule has 0 aliphatic carbocycles. The minimum Gasteiger partial charge on any atom is -0.460 e. The molecule has 1 atom stereocenters. The summed E-state index contributed by atoms with van der Waals surface area (Å²) in [6.07, 6.45) is 1.29. The maximum absolute atomic E-state index is 12.6. The van der Waals surface area contributed by atoms with Crippen LogP contribution in [-0.4, -0.2) is 29.8 Å². The van der Waals surface area contributed by atoms with Gasteiger partial charge in [-0.1, -0.05) is 18.2 Å². The molecule has 1 aliphatic rings. The van der Waals surface area contributed by atoms with Crippen molar-refractivity contribution in [2.45, 2.75) is 25.7 Å². The second-order valence-electron chi connectivity index (χ2n) is 5.91. The number of hydrogen-bond donors (Lipinski definition) is 1. The van der Waals surface area contributed by atoms with Crippen LogP contribution >= 0.6 is 0 Å². The van der Waals surface area contributed by atoms with E-state index >= 15 is 0 Å². The van der Waals surface area contributed by atoms with Crippen molar-refractivity contribution in [1.29, 1.82) is 0 Å². The molecule has 2 amide bonds. The fourth-order valence-electron chi connectivity index (χ4n) is 3.00. The van der Waals surface area contributed by atoms with Gasteiger partial charge in [-0.05, 0) is 31.9 Å². The Bertz CT molecular complexity index is 666. The zero-order valence-electron chi connectivity index (χ0n) is 12.6. The molecule has 3 rings (SSSR count). The van der Waals surface area contributed by atoms with E-state index in [0.717, 1.165) is 11.0 Å². The molecule has 22 heavy (non-hydrogen) atoms. The minimum absolute atomic E-state index is 0.0435. The van der Waals surface area contributed by atoms with E-state index in [4.69, 9.17) is 10.2 Å². The van der Waals surface area contributed by atoms with Crippen LogP contribution in [0.2, 0.25) is 0 Å². The molecule has 2 heterocycles. The van der Waals surface area contributed by atoms with Crippen LogP contribution in [0.25, 0.3) is 11.0 Å². The van der Waals surface area contributed by atoms with E-state index in [1.54, 1.807) is 4.90 Å². The van der Waals surface area contributed by atoms with Gasteiger partial charge >= 0.3 is 0 Å². The highest BCUT2D eigenvalue weighted by Gasteiger charge is 2.30. The van der Waals surface area contributed by atoms with Crippen LogP contribution in [0.3, 0.4) is 0 Å². The first-order chi connectivity index (χ1) is 10.6. The van der Waals surface area contributed by atoms with Crippen molar-refractivity contribution >= 4 is 22.8 Å². The minimum atomic E-state index is -0.322. The van der Waals surface area contributed by atoms with Crippen molar-refractivity contribution in [3.8, 4) is 0 Å². The summed E-state index contributed by atoms with van der Waals surface area (Å²) in [7, 11) is 0. The number of nitrogens with two attached hydrogens (primary N) is 1. The number of hydrogen-bond acceptors (Lipinski definition) is 3. The van der Waals surface area contributed by atoms with Gasteiger partial charge in [-0.2, -0.15) is 0 Å². The molecule has 1 aromatic carbocycles. The Morgan fingerprint density at radius 2 is 1.95 bits per heavy atom. The third kappa shape index (κ3) is 2.71. The number of nitrogens with zero attached hydrogens (tertiary/aromatic N) is 1. The van der Waals surface area contributed by atoms with Crippen molar-refractivity contribution < 1.29 is 14.0 Å². The highest BCUT2D eigenvalue weighted by molar-refractivity contribution is 5.86. The number of amides is 2. The maximum atomic E-state index is 12.6. The van der Waals surface area contributed by atoms with Gasteiger partial charge in [-0.3, -0.25) is 9.59 Å². The predicted octanol–water partition coefficient (Wildman–Crippen LogP) is 2.26. The number of carbonyl (C=O) groups is 2. The summed E-state index contributed by atoms with van der Waals surface area (Å²) in [5.41, 5.74) is 6.12. The second-order valence-corrected chi connectivity index (χ2v) is 5.91. The Labute approximate surface area is 129 Å². The molecule has 1 fully saturated rings. The molecule has 0 saturated carbocycles. The van der Waals surface area contributed by atoms with Gasteiger partial charge in [0.2, 0.25) is 11.8 Å². The molecule has 5 nitrogen and oxygen atoms in total. The first-order valence-corrected chi connectivity index (χ1v) is 7.63. The average molecular weight is 300 g/mol. The lowest BCUT2D eigenvalue weighted by atomic mass is 9.95. The average Bonchev–Trinajstić information content (AvgIpc) is 2.97. The quantitative estimate of drug-likeness (QED) is 0.944. The number of para-hydroxylation sites is 1. The molecule has 0 spiro atoms. The molecular weight excluding hydrogens is 280 g/mol. The van der Waals surface area contributed by atoms with Crippen LogP contribution in [0.4, 0.5) is 0 Å². The molecule has 5 heteroatoms. The first-order valence-electron chi connectivity index (χ1n) is 7.63. The van der Waals surface area contributed by atoms with Gasteiger partial charge < -0.3 is 15.1 Å². The summed E-state index contributed by atoms with van der Waals surface area (Å²) in [6, 6.07) is 9.65. The van der Waals surface area contributed by atoms with Crippen molar-refractivity contribution in [2.24, 2.45) is 11.7 Å². The molecule has 2 N–H and O–H groups in total. The van der Waals surface area contributed by atoms with Crippen LogP contribution < -0.4 is 5.73 Å². The summed E-state index contributed by atoms with van der Waals surface area (Å²) in [6.45, 7) is 3.02. The van der Waals surface area contributed by atoms with Crippen LogP contribution in [-0.2, 0) is 9.59 Å². The summed E-state index contributed by atoms with van der Waals surface area (Å²) in [5, 5.41) is 1.00. The normalized spacial score (nSPS) is 17.6. The van der Waals surface area contributed by atoms with E-state index in [0.29, 0.717) is 31.7 Å². The van der Waals surface area contributed by atoms with Crippen LogP contribution in [0, 0.1) is 5.92 Å². The largest absolute Gasteiger partial charge is 0.460 e. The van der Waals surface area contributed by atoms with Gasteiger partial charge in [-0.25, -0.2) is 0 Å². The number of rotatable bonds is 3. The van der Waals surface area contributed by atoms with Crippen molar-refractivity contribution in [3.63, 3.8) is 0 Å². The summed E-state index contributed by atoms with van der Waals surface area (Å²) in [5.74, 6) is 0.0331. The van der Waals surface area contributed by atoms with Gasteiger partial charge in [0.15, 0.2) is 0 Å². The Morgan fingerprint density at radius 3 is 2.59 bits per heavy atom. The topological polar surface area (TPSA) is 76.5 Å². The number of benzene rings is 1. The van der Waals surface area contributed by atoms with Gasteiger partial charge in [0.25, 0.3) is 0 Å². The van der Waals surface area contributed by atoms with Crippen LogP contribution in [0.1, 0.15) is 31.4 Å². The standard InChI is InChI=1S/C17H20N2O3/c1-11(15-10-13-4-2-3-5-14(13)22-15)17(21)19-8-6-12(7-9-19)16(18)20/h2-5,10-12H,6-9H2,1H3,(H2,18,20). The van der Waals surface area contributed by atoms with Crippen LogP contribution in [0.15, 0.2) is 34.7 Å². The molecule has 2 aromatic rings. The van der Waals surface area contributed by atoms with Gasteiger partial charge in [0, 0.05) is 24.4 Å². The van der Waals surface area contributed by atoms with Crippen LogP contribution in [0.5, 0.6) is 0 Å². The first kappa shape index (κ1) is 14.6. The summed E-state index contributed by atoms with van der Waals surface area (Å²) < 4.78 is 5.78. The molecule has 1 aliphatic heterocycles.